The Hall–Kier alpha value is -2.59. The van der Waals surface area contributed by atoms with Gasteiger partial charge in [-0.1, -0.05) is 18.2 Å². The van der Waals surface area contributed by atoms with Gasteiger partial charge < -0.3 is 9.64 Å². The Balaban J connectivity index is 1.37. The number of hydrogen-bond donors (Lipinski definition) is 0. The van der Waals surface area contributed by atoms with Gasteiger partial charge in [0.15, 0.2) is 15.0 Å². The van der Waals surface area contributed by atoms with E-state index in [9.17, 15) is 21.6 Å². The molecule has 1 aromatic heterocycles. The van der Waals surface area contributed by atoms with Gasteiger partial charge in [-0.15, -0.1) is 24.5 Å². The van der Waals surface area contributed by atoms with Gasteiger partial charge in [-0.25, -0.2) is 13.4 Å². The van der Waals surface area contributed by atoms with Crippen molar-refractivity contribution in [3.8, 4) is 5.75 Å². The molecule has 0 unspecified atom stereocenters. The molecule has 1 aliphatic heterocycles. The van der Waals surface area contributed by atoms with Crippen LogP contribution in [0.2, 0.25) is 0 Å². The highest BCUT2D eigenvalue weighted by molar-refractivity contribution is 7.92. The van der Waals surface area contributed by atoms with Gasteiger partial charge in [0.05, 0.1) is 15.8 Å². The maximum Gasteiger partial charge on any atom is 0.573 e. The van der Waals surface area contributed by atoms with Gasteiger partial charge in [0.2, 0.25) is 0 Å². The topological polar surface area (TPSA) is 59.5 Å². The van der Waals surface area contributed by atoms with Crippen LogP contribution in [0.1, 0.15) is 35.2 Å². The van der Waals surface area contributed by atoms with Crippen LogP contribution in [0.25, 0.3) is 0 Å². The molecule has 1 fully saturated rings. The first-order chi connectivity index (χ1) is 16.0. The van der Waals surface area contributed by atoms with E-state index in [-0.39, 0.29) is 4.90 Å². The average Bonchev–Trinajstić information content (AvgIpc) is 3.24. The molecule has 0 amide bonds. The third-order valence-electron chi connectivity index (χ3n) is 6.03. The second-order valence-corrected chi connectivity index (χ2v) is 11.5. The molecule has 0 bridgehead atoms. The van der Waals surface area contributed by atoms with Gasteiger partial charge in [0.1, 0.15) is 5.75 Å². The average molecular weight is 511 g/mol. The van der Waals surface area contributed by atoms with Gasteiger partial charge in [0, 0.05) is 24.9 Å². The fraction of sp³-hybridized carbons (Fsp3) is 0.375. The molecule has 182 valence electrons. The van der Waals surface area contributed by atoms with Crippen molar-refractivity contribution >= 4 is 26.3 Å². The highest BCUT2D eigenvalue weighted by atomic mass is 32.2. The smallest absolute Gasteiger partial charge is 0.406 e. The zero-order chi connectivity index (χ0) is 24.5. The number of anilines is 1. The third kappa shape index (κ3) is 5.72. The molecule has 2 heterocycles. The van der Waals surface area contributed by atoms with Crippen LogP contribution in [0.5, 0.6) is 5.75 Å². The molecule has 34 heavy (non-hydrogen) atoms. The molecule has 1 saturated heterocycles. The molecule has 0 atom stereocenters. The summed E-state index contributed by atoms with van der Waals surface area (Å²) in [6, 6.07) is 10.8. The minimum atomic E-state index is -4.82. The number of rotatable bonds is 6. The van der Waals surface area contributed by atoms with Crippen molar-refractivity contribution in [3.63, 3.8) is 0 Å². The number of aryl methyl sites for hydroxylation is 2. The zero-order valence-corrected chi connectivity index (χ0v) is 20.4. The molecular weight excluding hydrogens is 485 g/mol. The summed E-state index contributed by atoms with van der Waals surface area (Å²) in [5.41, 5.74) is 4.69. The number of hydrogen-bond acceptors (Lipinski definition) is 6. The Morgan fingerprint density at radius 2 is 1.74 bits per heavy atom. The Morgan fingerprint density at radius 1 is 1.06 bits per heavy atom. The summed E-state index contributed by atoms with van der Waals surface area (Å²) < 4.78 is 66.8. The normalized spacial score (nSPS) is 15.5. The molecule has 0 aliphatic carbocycles. The van der Waals surface area contributed by atoms with E-state index in [0.29, 0.717) is 25.9 Å². The number of aromatic nitrogens is 1. The van der Waals surface area contributed by atoms with Gasteiger partial charge in [-0.2, -0.15) is 0 Å². The number of halogens is 3. The van der Waals surface area contributed by atoms with E-state index in [1.807, 2.05) is 5.38 Å². The number of ether oxygens (including phenoxy) is 1. The van der Waals surface area contributed by atoms with Crippen LogP contribution in [0, 0.1) is 13.8 Å². The van der Waals surface area contributed by atoms with Crippen molar-refractivity contribution < 1.29 is 26.3 Å². The fourth-order valence-corrected chi connectivity index (χ4v) is 6.64. The SMILES string of the molecule is Cc1ccc(Cc2csc(N3CCC(S(=O)(=O)c4ccc(OC(F)(F)F)cc4)CC3)n2)cc1C. The maximum atomic E-state index is 13.0. The standard InChI is InChI=1S/C24H25F3N2O3S2/c1-16-3-4-18(13-17(16)2)14-19-15-33-23(28-19)29-11-9-22(10-12-29)34(30,31)21-7-5-20(6-8-21)32-24(25,26)27/h3-8,13,15,22H,9-12,14H2,1-2H3. The minimum Gasteiger partial charge on any atom is -0.406 e. The Morgan fingerprint density at radius 3 is 2.35 bits per heavy atom. The lowest BCUT2D eigenvalue weighted by molar-refractivity contribution is -0.274. The largest absolute Gasteiger partial charge is 0.573 e. The number of piperidine rings is 1. The zero-order valence-electron chi connectivity index (χ0n) is 18.8. The van der Waals surface area contributed by atoms with E-state index in [4.69, 9.17) is 4.98 Å². The Kier molecular flexibility index (Phi) is 6.91. The van der Waals surface area contributed by atoms with E-state index in [1.165, 1.54) is 28.8 Å². The molecule has 2 aromatic carbocycles. The van der Waals surface area contributed by atoms with Crippen LogP contribution < -0.4 is 9.64 Å². The minimum absolute atomic E-state index is 0.00500. The van der Waals surface area contributed by atoms with E-state index in [2.05, 4.69) is 41.7 Å². The molecular formula is C24H25F3N2O3S2. The summed E-state index contributed by atoms with van der Waals surface area (Å²) in [7, 11) is -3.65. The highest BCUT2D eigenvalue weighted by Gasteiger charge is 2.33. The fourth-order valence-electron chi connectivity index (χ4n) is 4.03. The van der Waals surface area contributed by atoms with Crippen LogP contribution in [0.3, 0.4) is 0 Å². The van der Waals surface area contributed by atoms with Crippen molar-refractivity contribution in [1.29, 1.82) is 0 Å². The van der Waals surface area contributed by atoms with Crippen LogP contribution >= 0.6 is 11.3 Å². The Bertz CT molecular complexity index is 1250. The quantitative estimate of drug-likeness (QED) is 0.426. The molecule has 4 rings (SSSR count). The predicted octanol–water partition coefficient (Wildman–Crippen LogP) is 5.69. The molecule has 10 heteroatoms. The summed E-state index contributed by atoms with van der Waals surface area (Å²) in [6.07, 6.45) is -3.22. The second kappa shape index (κ2) is 9.58. The van der Waals surface area contributed by atoms with Crippen LogP contribution in [-0.2, 0) is 16.3 Å². The molecule has 3 aromatic rings. The van der Waals surface area contributed by atoms with Gasteiger partial charge >= 0.3 is 6.36 Å². The van der Waals surface area contributed by atoms with Gasteiger partial charge in [0.25, 0.3) is 0 Å². The van der Waals surface area contributed by atoms with Crippen molar-refractivity contribution in [2.75, 3.05) is 18.0 Å². The molecule has 0 N–H and O–H groups in total. The number of thiazole rings is 1. The number of sulfone groups is 1. The molecule has 0 radical (unpaired) electrons. The van der Waals surface area contributed by atoms with Crippen LogP contribution in [0.15, 0.2) is 52.7 Å². The maximum absolute atomic E-state index is 13.0. The van der Waals surface area contributed by atoms with E-state index >= 15 is 0 Å². The van der Waals surface area contributed by atoms with Gasteiger partial charge in [-0.05, 0) is 67.6 Å². The van der Waals surface area contributed by atoms with E-state index < -0.39 is 27.2 Å². The molecule has 0 spiro atoms. The lowest BCUT2D eigenvalue weighted by Crippen LogP contribution is -2.39. The first-order valence-electron chi connectivity index (χ1n) is 10.9. The molecule has 1 aliphatic rings. The summed E-state index contributed by atoms with van der Waals surface area (Å²) in [6.45, 7) is 5.28. The van der Waals surface area contributed by atoms with Crippen LogP contribution in [-0.4, -0.2) is 38.1 Å². The number of alkyl halides is 3. The predicted molar refractivity (Wildman–Crippen MR) is 126 cm³/mol. The second-order valence-electron chi connectivity index (χ2n) is 8.47. The Labute approximate surface area is 201 Å². The highest BCUT2D eigenvalue weighted by Crippen LogP contribution is 2.31. The molecule has 5 nitrogen and oxygen atoms in total. The third-order valence-corrected chi connectivity index (χ3v) is 9.26. The number of nitrogens with zero attached hydrogens (tertiary/aromatic N) is 2. The molecule has 0 saturated carbocycles. The first-order valence-corrected chi connectivity index (χ1v) is 13.3. The summed E-state index contributed by atoms with van der Waals surface area (Å²) >= 11 is 1.55. The summed E-state index contributed by atoms with van der Waals surface area (Å²) in [4.78, 5) is 6.86. The van der Waals surface area contributed by atoms with Gasteiger partial charge in [-0.3, -0.25) is 0 Å². The van der Waals surface area contributed by atoms with Crippen LogP contribution in [0.4, 0.5) is 18.3 Å². The van der Waals surface area contributed by atoms with Crippen molar-refractivity contribution in [3.05, 3.63) is 70.2 Å². The first kappa shape index (κ1) is 24.5. The van der Waals surface area contributed by atoms with E-state index in [1.54, 1.807) is 11.3 Å². The van der Waals surface area contributed by atoms with Crippen molar-refractivity contribution in [2.24, 2.45) is 0 Å². The summed E-state index contributed by atoms with van der Waals surface area (Å²) in [5, 5.41) is 2.33. The lowest BCUT2D eigenvalue weighted by Gasteiger charge is -2.31. The van der Waals surface area contributed by atoms with Crippen molar-refractivity contribution in [1.82, 2.24) is 4.98 Å². The summed E-state index contributed by atoms with van der Waals surface area (Å²) in [5.74, 6) is -0.443. The van der Waals surface area contributed by atoms with E-state index in [0.717, 1.165) is 29.4 Å². The lowest BCUT2D eigenvalue weighted by atomic mass is 10.0. The number of benzene rings is 2. The van der Waals surface area contributed by atoms with Crippen molar-refractivity contribution in [2.45, 2.75) is 49.6 Å². The monoisotopic (exact) mass is 510 g/mol.